The maximum atomic E-state index is 12.9. The van der Waals surface area contributed by atoms with Crippen LogP contribution in [-0.4, -0.2) is 29.2 Å². The van der Waals surface area contributed by atoms with Gasteiger partial charge in [-0.3, -0.25) is 14.5 Å². The standard InChI is InChI=1S/C32H25ClN2O5/c33-28-29(31(37)35(30(28)36)20-19-22-7-3-1-4-8-22)34-25-13-11-24(12-14-25)32(38)40-27-17-15-26(16-18-27)39-21-23-9-5-2-6-10-23/h1-18,34H,19-21H2. The SMILES string of the molecule is O=C(Oc1ccc(OCc2ccccc2)cc1)c1ccc(NC2=C(Cl)C(=O)N(CCc3ccccc3)C2=O)cc1. The van der Waals surface area contributed by atoms with Crippen molar-refractivity contribution < 1.29 is 23.9 Å². The first-order valence-corrected chi connectivity index (χ1v) is 13.0. The smallest absolute Gasteiger partial charge is 0.343 e. The van der Waals surface area contributed by atoms with Crippen LogP contribution in [-0.2, 0) is 22.6 Å². The van der Waals surface area contributed by atoms with Gasteiger partial charge in [-0.05, 0) is 66.1 Å². The second kappa shape index (κ2) is 12.3. The Morgan fingerprint density at radius 2 is 1.32 bits per heavy atom. The Labute approximate surface area is 236 Å². The van der Waals surface area contributed by atoms with Gasteiger partial charge >= 0.3 is 5.97 Å². The zero-order valence-electron chi connectivity index (χ0n) is 21.4. The molecule has 7 nitrogen and oxygen atoms in total. The number of imide groups is 1. The molecule has 1 N–H and O–H groups in total. The number of hydrogen-bond acceptors (Lipinski definition) is 6. The van der Waals surface area contributed by atoms with E-state index < -0.39 is 17.8 Å². The van der Waals surface area contributed by atoms with Gasteiger partial charge in [-0.2, -0.15) is 0 Å². The Kier molecular flexibility index (Phi) is 8.23. The van der Waals surface area contributed by atoms with Crippen molar-refractivity contribution in [3.05, 3.63) is 137 Å². The van der Waals surface area contributed by atoms with E-state index in [9.17, 15) is 14.4 Å². The van der Waals surface area contributed by atoms with E-state index in [1.54, 1.807) is 48.5 Å². The molecule has 200 valence electrons. The number of nitrogens with zero attached hydrogens (tertiary/aromatic N) is 1. The lowest BCUT2D eigenvalue weighted by molar-refractivity contribution is -0.137. The van der Waals surface area contributed by atoms with E-state index in [0.29, 0.717) is 35.8 Å². The number of carbonyl (C=O) groups is 3. The third-order valence-corrected chi connectivity index (χ3v) is 6.60. The highest BCUT2D eigenvalue weighted by molar-refractivity contribution is 6.48. The number of anilines is 1. The molecule has 40 heavy (non-hydrogen) atoms. The van der Waals surface area contributed by atoms with Gasteiger partial charge in [0.1, 0.15) is 28.8 Å². The lowest BCUT2D eigenvalue weighted by Crippen LogP contribution is -2.34. The molecule has 0 bridgehead atoms. The molecule has 0 saturated heterocycles. The van der Waals surface area contributed by atoms with E-state index in [4.69, 9.17) is 21.1 Å². The number of rotatable bonds is 10. The van der Waals surface area contributed by atoms with Crippen LogP contribution >= 0.6 is 11.6 Å². The fourth-order valence-electron chi connectivity index (χ4n) is 4.09. The van der Waals surface area contributed by atoms with Crippen LogP contribution in [0.1, 0.15) is 21.5 Å². The number of ether oxygens (including phenoxy) is 2. The number of amides is 2. The highest BCUT2D eigenvalue weighted by Crippen LogP contribution is 2.26. The van der Waals surface area contributed by atoms with Gasteiger partial charge in [0.2, 0.25) is 0 Å². The van der Waals surface area contributed by atoms with Crippen molar-refractivity contribution >= 4 is 35.1 Å². The predicted molar refractivity (Wildman–Crippen MR) is 152 cm³/mol. The van der Waals surface area contributed by atoms with Crippen LogP contribution in [0.4, 0.5) is 5.69 Å². The van der Waals surface area contributed by atoms with Gasteiger partial charge in [-0.25, -0.2) is 4.79 Å². The zero-order valence-corrected chi connectivity index (χ0v) is 22.1. The average Bonchev–Trinajstić information content (AvgIpc) is 3.19. The predicted octanol–water partition coefficient (Wildman–Crippen LogP) is 5.96. The Hall–Kier alpha value is -4.88. The molecular formula is C32H25ClN2O5. The minimum Gasteiger partial charge on any atom is -0.489 e. The molecule has 4 aromatic rings. The summed E-state index contributed by atoms with van der Waals surface area (Å²) in [7, 11) is 0. The van der Waals surface area contributed by atoms with E-state index >= 15 is 0 Å². The summed E-state index contributed by atoms with van der Waals surface area (Å²) in [6.07, 6.45) is 0.524. The minimum absolute atomic E-state index is 0.00429. The molecule has 0 aromatic heterocycles. The topological polar surface area (TPSA) is 84.9 Å². The van der Waals surface area contributed by atoms with Crippen LogP contribution in [0.2, 0.25) is 0 Å². The quantitative estimate of drug-likeness (QED) is 0.148. The van der Waals surface area contributed by atoms with Crippen molar-refractivity contribution in [3.8, 4) is 11.5 Å². The van der Waals surface area contributed by atoms with E-state index in [1.165, 1.54) is 0 Å². The molecule has 1 heterocycles. The van der Waals surface area contributed by atoms with Gasteiger partial charge in [-0.15, -0.1) is 0 Å². The molecule has 8 heteroatoms. The normalized spacial score (nSPS) is 13.0. The van der Waals surface area contributed by atoms with Crippen molar-refractivity contribution in [2.24, 2.45) is 0 Å². The second-order valence-corrected chi connectivity index (χ2v) is 9.40. The first kappa shape index (κ1) is 26.7. The third-order valence-electron chi connectivity index (χ3n) is 6.25. The molecule has 0 atom stereocenters. The van der Waals surface area contributed by atoms with Gasteiger partial charge in [0.05, 0.1) is 5.56 Å². The summed E-state index contributed by atoms with van der Waals surface area (Å²) in [4.78, 5) is 39.2. The largest absolute Gasteiger partial charge is 0.489 e. The summed E-state index contributed by atoms with van der Waals surface area (Å²) in [6.45, 7) is 0.655. The van der Waals surface area contributed by atoms with Gasteiger partial charge in [-0.1, -0.05) is 72.3 Å². The molecule has 0 saturated carbocycles. The van der Waals surface area contributed by atoms with Crippen molar-refractivity contribution in [1.29, 1.82) is 0 Å². The van der Waals surface area contributed by atoms with E-state index in [-0.39, 0.29) is 17.3 Å². The summed E-state index contributed by atoms with van der Waals surface area (Å²) >= 11 is 6.21. The van der Waals surface area contributed by atoms with Crippen LogP contribution < -0.4 is 14.8 Å². The van der Waals surface area contributed by atoms with E-state index in [0.717, 1.165) is 16.0 Å². The molecule has 0 fully saturated rings. The molecule has 1 aliphatic heterocycles. The number of nitrogens with one attached hydrogen (secondary N) is 1. The zero-order chi connectivity index (χ0) is 27.9. The molecule has 0 unspecified atom stereocenters. The van der Waals surface area contributed by atoms with Crippen molar-refractivity contribution in [3.63, 3.8) is 0 Å². The second-order valence-electron chi connectivity index (χ2n) is 9.02. The highest BCUT2D eigenvalue weighted by atomic mass is 35.5. The fourth-order valence-corrected chi connectivity index (χ4v) is 4.32. The summed E-state index contributed by atoms with van der Waals surface area (Å²) in [5.74, 6) is -0.541. The fraction of sp³-hybridized carbons (Fsp3) is 0.0938. The number of hydrogen-bond donors (Lipinski definition) is 1. The first-order chi connectivity index (χ1) is 19.5. The molecule has 0 spiro atoms. The monoisotopic (exact) mass is 552 g/mol. The maximum Gasteiger partial charge on any atom is 0.343 e. The molecule has 2 amide bonds. The lowest BCUT2D eigenvalue weighted by atomic mass is 10.1. The molecule has 1 aliphatic rings. The Morgan fingerprint density at radius 3 is 1.98 bits per heavy atom. The molecular weight excluding hydrogens is 528 g/mol. The molecule has 0 radical (unpaired) electrons. The number of carbonyl (C=O) groups excluding carboxylic acids is 3. The number of benzene rings is 4. The Bertz CT molecular complexity index is 1540. The highest BCUT2D eigenvalue weighted by Gasteiger charge is 2.37. The van der Waals surface area contributed by atoms with Crippen molar-refractivity contribution in [2.45, 2.75) is 13.0 Å². The molecule has 5 rings (SSSR count). The van der Waals surface area contributed by atoms with Crippen molar-refractivity contribution in [2.75, 3.05) is 11.9 Å². The number of esters is 1. The first-order valence-electron chi connectivity index (χ1n) is 12.6. The average molecular weight is 553 g/mol. The van der Waals surface area contributed by atoms with Crippen LogP contribution in [0.25, 0.3) is 0 Å². The van der Waals surface area contributed by atoms with Gasteiger partial charge < -0.3 is 14.8 Å². The van der Waals surface area contributed by atoms with E-state index in [1.807, 2.05) is 60.7 Å². The summed E-state index contributed by atoms with van der Waals surface area (Å²) in [6, 6.07) is 32.5. The van der Waals surface area contributed by atoms with Gasteiger partial charge in [0.15, 0.2) is 0 Å². The van der Waals surface area contributed by atoms with Gasteiger partial charge in [0.25, 0.3) is 11.8 Å². The molecule has 4 aromatic carbocycles. The lowest BCUT2D eigenvalue weighted by Gasteiger charge is -2.15. The third kappa shape index (κ3) is 6.39. The maximum absolute atomic E-state index is 12.9. The summed E-state index contributed by atoms with van der Waals surface area (Å²) < 4.78 is 11.2. The Balaban J connectivity index is 1.15. The van der Waals surface area contributed by atoms with E-state index in [2.05, 4.69) is 5.32 Å². The number of halogens is 1. The minimum atomic E-state index is -0.541. The summed E-state index contributed by atoms with van der Waals surface area (Å²) in [5, 5.41) is 2.75. The van der Waals surface area contributed by atoms with Crippen LogP contribution in [0.15, 0.2) is 120 Å². The van der Waals surface area contributed by atoms with Crippen LogP contribution in [0, 0.1) is 0 Å². The Morgan fingerprint density at radius 1 is 0.725 bits per heavy atom. The van der Waals surface area contributed by atoms with Gasteiger partial charge in [0, 0.05) is 12.2 Å². The van der Waals surface area contributed by atoms with Crippen molar-refractivity contribution in [1.82, 2.24) is 4.90 Å². The van der Waals surface area contributed by atoms with Crippen LogP contribution in [0.3, 0.4) is 0 Å². The summed E-state index contributed by atoms with van der Waals surface area (Å²) in [5.41, 5.74) is 2.88. The van der Waals surface area contributed by atoms with Crippen LogP contribution in [0.5, 0.6) is 11.5 Å². The molecule has 0 aliphatic carbocycles.